The molecule has 1 aliphatic rings. The Labute approximate surface area is 124 Å². The molecule has 1 saturated heterocycles. The van der Waals surface area contributed by atoms with E-state index in [1.807, 2.05) is 0 Å². The number of rotatable bonds is 4. The van der Waals surface area contributed by atoms with Gasteiger partial charge in [-0.15, -0.1) is 0 Å². The summed E-state index contributed by atoms with van der Waals surface area (Å²) in [7, 11) is 2.23. The number of nitrogens with one attached hydrogen (secondary N) is 1. The number of hydrogen-bond donors (Lipinski definition) is 1. The van der Waals surface area contributed by atoms with Gasteiger partial charge in [-0.05, 0) is 57.6 Å². The molecule has 1 fully saturated rings. The lowest BCUT2D eigenvalue weighted by molar-refractivity contribution is 0.337. The number of likely N-dealkylation sites (N-methyl/N-ethyl adjacent to an activating group) is 1. The lowest BCUT2D eigenvalue weighted by atomic mass is 10.1. The van der Waals surface area contributed by atoms with E-state index in [0.717, 1.165) is 19.6 Å². The molecule has 1 heterocycles. The van der Waals surface area contributed by atoms with E-state index in [-0.39, 0.29) is 0 Å². The second-order valence-electron chi connectivity index (χ2n) is 6.06. The zero-order valence-corrected chi connectivity index (χ0v) is 13.4. The van der Waals surface area contributed by atoms with Gasteiger partial charge < -0.3 is 15.1 Å². The Kier molecular flexibility index (Phi) is 5.44. The Bertz CT molecular complexity index is 430. The molecule has 0 aliphatic carbocycles. The van der Waals surface area contributed by atoms with Crippen LogP contribution >= 0.6 is 0 Å². The van der Waals surface area contributed by atoms with E-state index in [1.165, 1.54) is 36.3 Å². The Hall–Kier alpha value is -1.06. The summed E-state index contributed by atoms with van der Waals surface area (Å²) in [5, 5.41) is 3.40. The Morgan fingerprint density at radius 1 is 1.30 bits per heavy atom. The lowest BCUT2D eigenvalue weighted by Crippen LogP contribution is -2.38. The summed E-state index contributed by atoms with van der Waals surface area (Å²) >= 11 is 0. The van der Waals surface area contributed by atoms with Crippen molar-refractivity contribution in [1.82, 2.24) is 10.2 Å². The Morgan fingerprint density at radius 3 is 2.80 bits per heavy atom. The van der Waals surface area contributed by atoms with Crippen molar-refractivity contribution in [3.63, 3.8) is 0 Å². The molecule has 3 nitrogen and oxygen atoms in total. The van der Waals surface area contributed by atoms with E-state index in [1.54, 1.807) is 0 Å². The maximum Gasteiger partial charge on any atom is 0.0398 e. The minimum absolute atomic E-state index is 0.584. The molecular weight excluding hydrogens is 246 g/mol. The molecule has 0 aromatic heterocycles. The summed E-state index contributed by atoms with van der Waals surface area (Å²) in [6.07, 6.45) is 1.25. The van der Waals surface area contributed by atoms with Crippen molar-refractivity contribution in [2.45, 2.75) is 39.8 Å². The first-order valence-corrected chi connectivity index (χ1v) is 7.87. The van der Waals surface area contributed by atoms with E-state index in [4.69, 9.17) is 0 Å². The van der Waals surface area contributed by atoms with E-state index in [0.29, 0.717) is 6.04 Å². The van der Waals surface area contributed by atoms with Crippen LogP contribution < -0.4 is 10.2 Å². The van der Waals surface area contributed by atoms with E-state index < -0.39 is 0 Å². The molecule has 0 bridgehead atoms. The fourth-order valence-corrected chi connectivity index (χ4v) is 3.15. The summed E-state index contributed by atoms with van der Waals surface area (Å²) in [6.45, 7) is 12.2. The maximum absolute atomic E-state index is 3.40. The van der Waals surface area contributed by atoms with Crippen molar-refractivity contribution in [2.24, 2.45) is 0 Å². The second-order valence-corrected chi connectivity index (χ2v) is 6.06. The van der Waals surface area contributed by atoms with E-state index in [9.17, 15) is 0 Å². The summed E-state index contributed by atoms with van der Waals surface area (Å²) in [4.78, 5) is 5.02. The van der Waals surface area contributed by atoms with Crippen LogP contribution in [0.2, 0.25) is 0 Å². The average molecular weight is 275 g/mol. The van der Waals surface area contributed by atoms with Crippen LogP contribution in [0.4, 0.5) is 5.69 Å². The molecule has 1 aromatic carbocycles. The van der Waals surface area contributed by atoms with Gasteiger partial charge in [-0.25, -0.2) is 0 Å². The highest BCUT2D eigenvalue weighted by Gasteiger charge is 2.20. The van der Waals surface area contributed by atoms with Gasteiger partial charge in [0.15, 0.2) is 0 Å². The zero-order valence-electron chi connectivity index (χ0n) is 13.4. The SMILES string of the molecule is CCNCc1ccc(N2CCCN(C)CC2C)c(C)c1. The molecule has 20 heavy (non-hydrogen) atoms. The molecular formula is C17H29N3. The van der Waals surface area contributed by atoms with Gasteiger partial charge in [0.1, 0.15) is 0 Å². The molecule has 1 aliphatic heterocycles. The molecule has 112 valence electrons. The van der Waals surface area contributed by atoms with E-state index in [2.05, 4.69) is 61.1 Å². The Balaban J connectivity index is 2.14. The van der Waals surface area contributed by atoms with Gasteiger partial charge in [-0.3, -0.25) is 0 Å². The number of hydrogen-bond acceptors (Lipinski definition) is 3. The lowest BCUT2D eigenvalue weighted by Gasteiger charge is -2.31. The molecule has 3 heteroatoms. The predicted molar refractivity (Wildman–Crippen MR) is 87.5 cm³/mol. The molecule has 1 unspecified atom stereocenters. The van der Waals surface area contributed by atoms with Crippen LogP contribution in [-0.4, -0.2) is 44.2 Å². The largest absolute Gasteiger partial charge is 0.367 e. The van der Waals surface area contributed by atoms with Crippen LogP contribution in [0.15, 0.2) is 18.2 Å². The quantitative estimate of drug-likeness (QED) is 0.911. The molecule has 0 amide bonds. The Morgan fingerprint density at radius 2 is 2.10 bits per heavy atom. The molecule has 0 radical (unpaired) electrons. The number of anilines is 1. The van der Waals surface area contributed by atoms with Crippen molar-refractivity contribution in [2.75, 3.05) is 38.1 Å². The highest BCUT2D eigenvalue weighted by atomic mass is 15.2. The zero-order chi connectivity index (χ0) is 14.5. The van der Waals surface area contributed by atoms with Gasteiger partial charge in [-0.1, -0.05) is 19.1 Å². The first-order valence-electron chi connectivity index (χ1n) is 7.87. The average Bonchev–Trinajstić information content (AvgIpc) is 2.57. The summed E-state index contributed by atoms with van der Waals surface area (Å²) in [5.41, 5.74) is 4.19. The fourth-order valence-electron chi connectivity index (χ4n) is 3.15. The van der Waals surface area contributed by atoms with Crippen molar-refractivity contribution in [3.05, 3.63) is 29.3 Å². The van der Waals surface area contributed by atoms with Gasteiger partial charge in [0.25, 0.3) is 0 Å². The molecule has 1 N–H and O–H groups in total. The van der Waals surface area contributed by atoms with Crippen molar-refractivity contribution < 1.29 is 0 Å². The van der Waals surface area contributed by atoms with E-state index >= 15 is 0 Å². The van der Waals surface area contributed by atoms with Gasteiger partial charge in [-0.2, -0.15) is 0 Å². The second kappa shape index (κ2) is 7.09. The van der Waals surface area contributed by atoms with Crippen LogP contribution in [0.1, 0.15) is 31.4 Å². The van der Waals surface area contributed by atoms with Crippen LogP contribution in [0, 0.1) is 6.92 Å². The highest BCUT2D eigenvalue weighted by Crippen LogP contribution is 2.25. The topological polar surface area (TPSA) is 18.5 Å². The third kappa shape index (κ3) is 3.74. The van der Waals surface area contributed by atoms with Crippen molar-refractivity contribution in [3.8, 4) is 0 Å². The number of benzene rings is 1. The molecule has 1 atom stereocenters. The van der Waals surface area contributed by atoms with Crippen molar-refractivity contribution >= 4 is 5.69 Å². The molecule has 0 spiro atoms. The van der Waals surface area contributed by atoms with Crippen molar-refractivity contribution in [1.29, 1.82) is 0 Å². The highest BCUT2D eigenvalue weighted by molar-refractivity contribution is 5.55. The maximum atomic E-state index is 3.40. The van der Waals surface area contributed by atoms with Gasteiger partial charge in [0.05, 0.1) is 0 Å². The minimum Gasteiger partial charge on any atom is -0.367 e. The molecule has 0 saturated carbocycles. The third-order valence-electron chi connectivity index (χ3n) is 4.20. The van der Waals surface area contributed by atoms with Crippen LogP contribution in [0.5, 0.6) is 0 Å². The van der Waals surface area contributed by atoms with Crippen LogP contribution in [0.3, 0.4) is 0 Å². The smallest absolute Gasteiger partial charge is 0.0398 e. The standard InChI is InChI=1S/C17H29N3/c1-5-18-12-16-7-8-17(14(2)11-16)20-10-6-9-19(4)13-15(20)3/h7-8,11,15,18H,5-6,9-10,12-13H2,1-4H3. The number of nitrogens with zero attached hydrogens (tertiary/aromatic N) is 2. The van der Waals surface area contributed by atoms with Gasteiger partial charge >= 0.3 is 0 Å². The predicted octanol–water partition coefficient (Wildman–Crippen LogP) is 2.63. The normalized spacial score (nSPS) is 21.0. The first-order chi connectivity index (χ1) is 9.61. The molecule has 1 aromatic rings. The first kappa shape index (κ1) is 15.3. The van der Waals surface area contributed by atoms with Gasteiger partial charge in [0, 0.05) is 31.4 Å². The third-order valence-corrected chi connectivity index (χ3v) is 4.20. The van der Waals surface area contributed by atoms with Gasteiger partial charge in [0.2, 0.25) is 0 Å². The van der Waals surface area contributed by atoms with Crippen LogP contribution in [0.25, 0.3) is 0 Å². The summed E-state index contributed by atoms with van der Waals surface area (Å²) in [5.74, 6) is 0. The summed E-state index contributed by atoms with van der Waals surface area (Å²) in [6, 6.07) is 7.50. The fraction of sp³-hybridized carbons (Fsp3) is 0.647. The minimum atomic E-state index is 0.584. The molecule has 2 rings (SSSR count). The van der Waals surface area contributed by atoms with Crippen LogP contribution in [-0.2, 0) is 6.54 Å². The monoisotopic (exact) mass is 275 g/mol. The number of aryl methyl sites for hydroxylation is 1. The summed E-state index contributed by atoms with van der Waals surface area (Å²) < 4.78 is 0.